The maximum Gasteiger partial charge on any atom is 0.243 e. The first kappa shape index (κ1) is 17.3. The minimum Gasteiger partial charge on any atom is -0.361 e. The Morgan fingerprint density at radius 2 is 1.73 bits per heavy atom. The highest BCUT2D eigenvalue weighted by atomic mass is 32.2. The van der Waals surface area contributed by atoms with Crippen LogP contribution in [0.25, 0.3) is 10.9 Å². The van der Waals surface area contributed by atoms with Crippen LogP contribution in [0.4, 0.5) is 0 Å². The van der Waals surface area contributed by atoms with Gasteiger partial charge in [-0.05, 0) is 54.5 Å². The van der Waals surface area contributed by atoms with E-state index in [9.17, 15) is 8.42 Å². The Bertz CT molecular complexity index is 998. The molecule has 1 fully saturated rings. The second kappa shape index (κ2) is 6.89. The van der Waals surface area contributed by atoms with Crippen LogP contribution in [0.1, 0.15) is 36.8 Å². The van der Waals surface area contributed by atoms with E-state index in [-0.39, 0.29) is 0 Å². The smallest absolute Gasteiger partial charge is 0.243 e. The van der Waals surface area contributed by atoms with Gasteiger partial charge in [0.25, 0.3) is 0 Å². The first-order chi connectivity index (χ1) is 12.6. The molecule has 1 aliphatic rings. The lowest BCUT2D eigenvalue weighted by Gasteiger charge is -2.31. The molecule has 1 aromatic heterocycles. The van der Waals surface area contributed by atoms with Crippen molar-refractivity contribution in [1.82, 2.24) is 9.29 Å². The second-order valence-electron chi connectivity index (χ2n) is 6.97. The Labute approximate surface area is 154 Å². The van der Waals surface area contributed by atoms with Gasteiger partial charge in [-0.3, -0.25) is 0 Å². The fourth-order valence-electron chi connectivity index (χ4n) is 3.89. The molecule has 0 saturated carbocycles. The molecule has 26 heavy (non-hydrogen) atoms. The zero-order chi connectivity index (χ0) is 18.1. The van der Waals surface area contributed by atoms with Crippen LogP contribution < -0.4 is 0 Å². The van der Waals surface area contributed by atoms with Gasteiger partial charge in [-0.25, -0.2) is 8.42 Å². The number of hydrogen-bond donors (Lipinski definition) is 1. The lowest BCUT2D eigenvalue weighted by Crippen LogP contribution is -2.37. The molecule has 0 radical (unpaired) electrons. The van der Waals surface area contributed by atoms with Crippen molar-refractivity contribution in [3.8, 4) is 0 Å². The molecule has 0 bridgehead atoms. The normalized spacial score (nSPS) is 17.0. The van der Waals surface area contributed by atoms with E-state index >= 15 is 0 Å². The van der Waals surface area contributed by atoms with E-state index in [1.165, 1.54) is 10.9 Å². The molecule has 1 saturated heterocycles. The Balaban J connectivity index is 1.50. The molecule has 0 aliphatic carbocycles. The number of H-pyrrole nitrogens is 1. The first-order valence-electron chi connectivity index (χ1n) is 9.24. The fraction of sp³-hybridized carbons (Fsp3) is 0.333. The van der Waals surface area contributed by atoms with Crippen LogP contribution in [0.3, 0.4) is 0 Å². The maximum absolute atomic E-state index is 12.9. The summed E-state index contributed by atoms with van der Waals surface area (Å²) >= 11 is 0. The van der Waals surface area contributed by atoms with E-state index in [1.807, 2.05) is 18.2 Å². The Morgan fingerprint density at radius 1 is 1.04 bits per heavy atom. The lowest BCUT2D eigenvalue weighted by molar-refractivity contribution is 0.320. The van der Waals surface area contributed by atoms with Gasteiger partial charge in [0.1, 0.15) is 0 Å². The highest BCUT2D eigenvalue weighted by Gasteiger charge is 2.30. The van der Waals surface area contributed by atoms with Gasteiger partial charge in [-0.1, -0.05) is 37.3 Å². The summed E-state index contributed by atoms with van der Waals surface area (Å²) in [5, 5.41) is 1.25. The molecule has 1 aliphatic heterocycles. The van der Waals surface area contributed by atoms with Crippen LogP contribution in [0.5, 0.6) is 0 Å². The third-order valence-corrected chi connectivity index (χ3v) is 7.40. The number of fused-ring (bicyclic) bond motifs is 1. The van der Waals surface area contributed by atoms with Crippen molar-refractivity contribution in [1.29, 1.82) is 0 Å². The van der Waals surface area contributed by atoms with Gasteiger partial charge in [0, 0.05) is 30.2 Å². The standard InChI is InChI=1S/C21H24N2O2S/c1-2-16-7-9-18(10-8-16)26(24,25)23-13-11-17(12-14-23)20-15-22-21-6-4-3-5-19(20)21/h3-10,15,17,22H,2,11-14H2,1H3. The highest BCUT2D eigenvalue weighted by Crippen LogP contribution is 2.34. The summed E-state index contributed by atoms with van der Waals surface area (Å²) in [6, 6.07) is 15.6. The summed E-state index contributed by atoms with van der Waals surface area (Å²) in [6.07, 6.45) is 4.71. The number of aryl methyl sites for hydroxylation is 1. The third-order valence-electron chi connectivity index (χ3n) is 5.48. The quantitative estimate of drug-likeness (QED) is 0.746. The Hall–Kier alpha value is -2.11. The predicted molar refractivity (Wildman–Crippen MR) is 105 cm³/mol. The zero-order valence-corrected chi connectivity index (χ0v) is 15.8. The highest BCUT2D eigenvalue weighted by molar-refractivity contribution is 7.89. The van der Waals surface area contributed by atoms with Crippen LogP contribution >= 0.6 is 0 Å². The van der Waals surface area contributed by atoms with Crippen LogP contribution in [-0.4, -0.2) is 30.8 Å². The summed E-state index contributed by atoms with van der Waals surface area (Å²) in [5.74, 6) is 0.403. The molecular formula is C21H24N2O2S. The van der Waals surface area contributed by atoms with Gasteiger partial charge in [-0.15, -0.1) is 0 Å². The van der Waals surface area contributed by atoms with Crippen LogP contribution in [0, 0.1) is 0 Å². The van der Waals surface area contributed by atoms with E-state index in [0.717, 1.165) is 30.3 Å². The summed E-state index contributed by atoms with van der Waals surface area (Å²) < 4.78 is 27.5. The second-order valence-corrected chi connectivity index (χ2v) is 8.90. The maximum atomic E-state index is 12.9. The largest absolute Gasteiger partial charge is 0.361 e. The SMILES string of the molecule is CCc1ccc(S(=O)(=O)N2CCC(c3c[nH]c4ccccc34)CC2)cc1. The topological polar surface area (TPSA) is 53.2 Å². The average molecular weight is 369 g/mol. The Kier molecular flexibility index (Phi) is 4.59. The molecule has 2 aromatic carbocycles. The summed E-state index contributed by atoms with van der Waals surface area (Å²) in [7, 11) is -3.40. The lowest BCUT2D eigenvalue weighted by atomic mass is 9.90. The molecule has 136 valence electrons. The van der Waals surface area contributed by atoms with E-state index in [2.05, 4.69) is 36.3 Å². The van der Waals surface area contributed by atoms with Gasteiger partial charge in [0.05, 0.1) is 4.90 Å². The number of para-hydroxylation sites is 1. The van der Waals surface area contributed by atoms with Gasteiger partial charge in [-0.2, -0.15) is 4.31 Å². The molecule has 5 heteroatoms. The van der Waals surface area contributed by atoms with E-state index in [0.29, 0.717) is 23.9 Å². The number of piperidine rings is 1. The summed E-state index contributed by atoms with van der Waals surface area (Å²) in [5.41, 5.74) is 3.61. The number of sulfonamides is 1. The van der Waals surface area contributed by atoms with Crippen molar-refractivity contribution in [3.05, 3.63) is 65.9 Å². The molecule has 2 heterocycles. The third kappa shape index (κ3) is 3.06. The summed E-state index contributed by atoms with van der Waals surface area (Å²) in [6.45, 7) is 3.21. The molecule has 3 aromatic rings. The van der Waals surface area contributed by atoms with Crippen LogP contribution in [-0.2, 0) is 16.4 Å². The van der Waals surface area contributed by atoms with Gasteiger partial charge >= 0.3 is 0 Å². The minimum atomic E-state index is -3.40. The van der Waals surface area contributed by atoms with E-state index < -0.39 is 10.0 Å². The van der Waals surface area contributed by atoms with Crippen LogP contribution in [0.2, 0.25) is 0 Å². The number of nitrogens with zero attached hydrogens (tertiary/aromatic N) is 1. The van der Waals surface area contributed by atoms with Crippen molar-refractivity contribution in [3.63, 3.8) is 0 Å². The number of rotatable bonds is 4. The fourth-order valence-corrected chi connectivity index (χ4v) is 5.35. The van der Waals surface area contributed by atoms with Crippen molar-refractivity contribution in [2.75, 3.05) is 13.1 Å². The van der Waals surface area contributed by atoms with Crippen molar-refractivity contribution in [2.24, 2.45) is 0 Å². The Morgan fingerprint density at radius 3 is 2.42 bits per heavy atom. The van der Waals surface area contributed by atoms with Crippen molar-refractivity contribution >= 4 is 20.9 Å². The zero-order valence-electron chi connectivity index (χ0n) is 15.0. The van der Waals surface area contributed by atoms with Crippen LogP contribution in [0.15, 0.2) is 59.6 Å². The molecular weight excluding hydrogens is 344 g/mol. The first-order valence-corrected chi connectivity index (χ1v) is 10.7. The predicted octanol–water partition coefficient (Wildman–Crippen LogP) is 4.30. The number of hydrogen-bond acceptors (Lipinski definition) is 2. The molecule has 0 unspecified atom stereocenters. The molecule has 4 nitrogen and oxygen atoms in total. The minimum absolute atomic E-state index is 0.403. The number of aromatic amines is 1. The molecule has 1 N–H and O–H groups in total. The van der Waals surface area contributed by atoms with E-state index in [1.54, 1.807) is 16.4 Å². The van der Waals surface area contributed by atoms with Crippen molar-refractivity contribution < 1.29 is 8.42 Å². The molecule has 0 amide bonds. The molecule has 0 atom stereocenters. The average Bonchev–Trinajstić information content (AvgIpc) is 3.12. The summed E-state index contributed by atoms with van der Waals surface area (Å²) in [4.78, 5) is 3.73. The monoisotopic (exact) mass is 368 g/mol. The van der Waals surface area contributed by atoms with Crippen molar-refractivity contribution in [2.45, 2.75) is 37.0 Å². The van der Waals surface area contributed by atoms with Gasteiger partial charge in [0.15, 0.2) is 0 Å². The number of aromatic nitrogens is 1. The number of nitrogens with one attached hydrogen (secondary N) is 1. The molecule has 4 rings (SSSR count). The number of benzene rings is 2. The molecule has 0 spiro atoms. The van der Waals surface area contributed by atoms with Gasteiger partial charge < -0.3 is 4.98 Å². The van der Waals surface area contributed by atoms with E-state index in [4.69, 9.17) is 0 Å². The van der Waals surface area contributed by atoms with Gasteiger partial charge in [0.2, 0.25) is 10.0 Å².